The Hall–Kier alpha value is -3.29. The predicted octanol–water partition coefficient (Wildman–Crippen LogP) is 5.55. The van der Waals surface area contributed by atoms with Crippen LogP contribution in [-0.4, -0.2) is 49.9 Å². The van der Waals surface area contributed by atoms with Gasteiger partial charge in [-0.05, 0) is 48.5 Å². The first-order chi connectivity index (χ1) is 16.9. The molecular weight excluding hydrogens is 485 g/mol. The van der Waals surface area contributed by atoms with Gasteiger partial charge in [0.25, 0.3) is 11.8 Å². The summed E-state index contributed by atoms with van der Waals surface area (Å²) in [6, 6.07) is 19.5. The topological polar surface area (TPSA) is 43.9 Å². The molecule has 0 saturated carbocycles. The van der Waals surface area contributed by atoms with Gasteiger partial charge in [-0.2, -0.15) is 0 Å². The maximum absolute atomic E-state index is 14.1. The third kappa shape index (κ3) is 4.79. The van der Waals surface area contributed by atoms with Gasteiger partial charge in [0, 0.05) is 60.0 Å². The van der Waals surface area contributed by atoms with Crippen molar-refractivity contribution in [3.63, 3.8) is 0 Å². The van der Waals surface area contributed by atoms with Crippen molar-refractivity contribution in [1.82, 2.24) is 4.90 Å². The average Bonchev–Trinajstić information content (AvgIpc) is 2.88. The lowest BCUT2D eigenvalue weighted by molar-refractivity contribution is -0.114. The largest absolute Gasteiger partial charge is 0.368 e. The molecule has 3 aromatic rings. The van der Waals surface area contributed by atoms with Crippen LogP contribution in [0.5, 0.6) is 0 Å². The Kier molecular flexibility index (Phi) is 6.54. The first-order valence-electron chi connectivity index (χ1n) is 11.3. The van der Waals surface area contributed by atoms with Crippen molar-refractivity contribution < 1.29 is 14.0 Å². The van der Waals surface area contributed by atoms with Crippen LogP contribution in [0, 0.1) is 5.82 Å². The van der Waals surface area contributed by atoms with Crippen LogP contribution in [0.2, 0.25) is 5.02 Å². The monoisotopic (exact) mass is 507 g/mol. The molecule has 3 aromatic carbocycles. The molecule has 2 heterocycles. The van der Waals surface area contributed by atoms with E-state index in [-0.39, 0.29) is 17.6 Å². The van der Waals surface area contributed by atoms with Crippen molar-refractivity contribution in [1.29, 1.82) is 0 Å². The van der Waals surface area contributed by atoms with Crippen LogP contribution in [0.15, 0.2) is 76.5 Å². The van der Waals surface area contributed by atoms with Crippen molar-refractivity contribution in [3.05, 3.63) is 93.6 Å². The van der Waals surface area contributed by atoms with Crippen LogP contribution >= 0.6 is 23.4 Å². The number of thioether (sulfide) groups is 1. The summed E-state index contributed by atoms with van der Waals surface area (Å²) in [4.78, 5) is 33.1. The van der Waals surface area contributed by atoms with Crippen LogP contribution in [0.25, 0.3) is 6.08 Å². The highest BCUT2D eigenvalue weighted by molar-refractivity contribution is 8.04. The van der Waals surface area contributed by atoms with Gasteiger partial charge < -0.3 is 14.7 Å². The molecule has 178 valence electrons. The fourth-order valence-electron chi connectivity index (χ4n) is 4.28. The van der Waals surface area contributed by atoms with Crippen molar-refractivity contribution in [2.24, 2.45) is 0 Å². The number of likely N-dealkylation sites (N-methyl/N-ethyl adjacent to an activating group) is 1. The third-order valence-electron chi connectivity index (χ3n) is 6.23. The second-order valence-corrected chi connectivity index (χ2v) is 9.96. The van der Waals surface area contributed by atoms with Gasteiger partial charge in [0.1, 0.15) is 5.82 Å². The van der Waals surface area contributed by atoms with Gasteiger partial charge in [-0.25, -0.2) is 4.39 Å². The first kappa shape index (κ1) is 23.5. The molecule has 5 rings (SSSR count). The molecule has 0 aromatic heterocycles. The van der Waals surface area contributed by atoms with Crippen LogP contribution < -0.4 is 9.80 Å². The maximum atomic E-state index is 14.1. The molecule has 35 heavy (non-hydrogen) atoms. The number of piperazine rings is 1. The Bertz CT molecular complexity index is 1340. The molecule has 1 saturated heterocycles. The van der Waals surface area contributed by atoms with E-state index >= 15 is 0 Å². The van der Waals surface area contributed by atoms with Gasteiger partial charge >= 0.3 is 0 Å². The number of amides is 2. The highest BCUT2D eigenvalue weighted by atomic mass is 35.5. The SMILES string of the molecule is CN1C(=O)C(=Cc2ccccc2F)Sc2ccc(C(=O)N3CCN(c4cccc(Cl)c4)CC3)cc21. The fraction of sp³-hybridized carbons (Fsp3) is 0.185. The zero-order valence-electron chi connectivity index (χ0n) is 19.1. The highest BCUT2D eigenvalue weighted by Gasteiger charge is 2.29. The summed E-state index contributed by atoms with van der Waals surface area (Å²) < 4.78 is 14.1. The molecule has 0 radical (unpaired) electrons. The summed E-state index contributed by atoms with van der Waals surface area (Å²) in [5.41, 5.74) is 2.63. The summed E-state index contributed by atoms with van der Waals surface area (Å²) in [7, 11) is 1.67. The lowest BCUT2D eigenvalue weighted by Crippen LogP contribution is -2.48. The zero-order valence-corrected chi connectivity index (χ0v) is 20.7. The average molecular weight is 508 g/mol. The van der Waals surface area contributed by atoms with Gasteiger partial charge in [0.05, 0.1) is 10.6 Å². The van der Waals surface area contributed by atoms with E-state index in [1.165, 1.54) is 22.7 Å². The lowest BCUT2D eigenvalue weighted by atomic mass is 10.1. The molecule has 8 heteroatoms. The van der Waals surface area contributed by atoms with Crippen molar-refractivity contribution in [2.45, 2.75) is 4.90 Å². The molecule has 0 N–H and O–H groups in total. The van der Waals surface area contributed by atoms with E-state index in [9.17, 15) is 14.0 Å². The van der Waals surface area contributed by atoms with Crippen LogP contribution in [-0.2, 0) is 4.79 Å². The van der Waals surface area contributed by atoms with E-state index in [2.05, 4.69) is 4.90 Å². The van der Waals surface area contributed by atoms with Crippen LogP contribution in [0.4, 0.5) is 15.8 Å². The number of hydrogen-bond acceptors (Lipinski definition) is 4. The number of carbonyl (C=O) groups is 2. The molecule has 2 aliphatic heterocycles. The van der Waals surface area contributed by atoms with E-state index < -0.39 is 0 Å². The second-order valence-electron chi connectivity index (χ2n) is 8.44. The Morgan fingerprint density at radius 2 is 1.77 bits per heavy atom. The maximum Gasteiger partial charge on any atom is 0.264 e. The Morgan fingerprint density at radius 3 is 2.51 bits per heavy atom. The van der Waals surface area contributed by atoms with E-state index in [1.54, 1.807) is 43.5 Å². The van der Waals surface area contributed by atoms with E-state index in [0.717, 1.165) is 23.7 Å². The van der Waals surface area contributed by atoms with Crippen LogP contribution in [0.1, 0.15) is 15.9 Å². The minimum atomic E-state index is -0.377. The Morgan fingerprint density at radius 1 is 1.00 bits per heavy atom. The number of fused-ring (bicyclic) bond motifs is 1. The molecule has 2 aliphatic rings. The summed E-state index contributed by atoms with van der Waals surface area (Å²) in [6.45, 7) is 2.63. The van der Waals surface area contributed by atoms with Crippen LogP contribution in [0.3, 0.4) is 0 Å². The van der Waals surface area contributed by atoms with Gasteiger partial charge in [0.2, 0.25) is 0 Å². The molecule has 1 fully saturated rings. The number of halogens is 2. The number of rotatable bonds is 3. The zero-order chi connectivity index (χ0) is 24.5. The molecule has 2 amide bonds. The molecule has 0 atom stereocenters. The Labute approximate surface area is 212 Å². The molecule has 0 bridgehead atoms. The smallest absolute Gasteiger partial charge is 0.264 e. The van der Waals surface area contributed by atoms with Crippen molar-refractivity contribution in [2.75, 3.05) is 43.0 Å². The molecule has 0 unspecified atom stereocenters. The normalized spacial score (nSPS) is 17.1. The second kappa shape index (κ2) is 9.76. The van der Waals surface area contributed by atoms with Crippen molar-refractivity contribution in [3.8, 4) is 0 Å². The van der Waals surface area contributed by atoms with Crippen molar-refractivity contribution >= 4 is 52.6 Å². The van der Waals surface area contributed by atoms with Gasteiger partial charge in [-0.15, -0.1) is 0 Å². The standard InChI is InChI=1S/C27H23ClFN3O2S/c1-30-23-15-19(26(33)32-13-11-31(12-14-32)21-7-4-6-20(28)17-21)9-10-24(23)35-25(27(30)34)16-18-5-2-3-8-22(18)29/h2-10,15-17H,11-14H2,1H3. The number of benzene rings is 3. The van der Waals surface area contributed by atoms with Gasteiger partial charge in [-0.1, -0.05) is 47.6 Å². The first-order valence-corrected chi connectivity index (χ1v) is 12.5. The van der Waals surface area contributed by atoms with E-state index in [0.29, 0.717) is 39.8 Å². The summed E-state index contributed by atoms with van der Waals surface area (Å²) in [5.74, 6) is -0.666. The molecule has 0 aliphatic carbocycles. The number of anilines is 2. The lowest BCUT2D eigenvalue weighted by Gasteiger charge is -2.36. The third-order valence-corrected chi connectivity index (χ3v) is 7.55. The van der Waals surface area contributed by atoms with E-state index in [1.807, 2.05) is 35.2 Å². The van der Waals surface area contributed by atoms with Gasteiger partial charge in [-0.3, -0.25) is 9.59 Å². The molecule has 0 spiro atoms. The summed E-state index contributed by atoms with van der Waals surface area (Å²) in [5, 5.41) is 0.693. The predicted molar refractivity (Wildman–Crippen MR) is 140 cm³/mol. The number of nitrogens with zero attached hydrogens (tertiary/aromatic N) is 3. The minimum Gasteiger partial charge on any atom is -0.368 e. The molecule has 5 nitrogen and oxygen atoms in total. The Balaban J connectivity index is 1.32. The fourth-order valence-corrected chi connectivity index (χ4v) is 5.55. The number of hydrogen-bond donors (Lipinski definition) is 0. The molecular formula is C27H23ClFN3O2S. The summed E-state index contributed by atoms with van der Waals surface area (Å²) >= 11 is 7.41. The van der Waals surface area contributed by atoms with Gasteiger partial charge in [0.15, 0.2) is 0 Å². The van der Waals surface area contributed by atoms with E-state index in [4.69, 9.17) is 11.6 Å². The number of carbonyl (C=O) groups excluding carboxylic acids is 2. The summed E-state index contributed by atoms with van der Waals surface area (Å²) in [6.07, 6.45) is 1.57. The quantitative estimate of drug-likeness (QED) is 0.436. The minimum absolute atomic E-state index is 0.0583. The highest BCUT2D eigenvalue weighted by Crippen LogP contribution is 2.42.